The van der Waals surface area contributed by atoms with Crippen LogP contribution >= 0.6 is 11.8 Å². The van der Waals surface area contributed by atoms with Crippen LogP contribution < -0.4 is 10.9 Å². The fraction of sp³-hybridized carbons (Fsp3) is 0.529. The van der Waals surface area contributed by atoms with Crippen molar-refractivity contribution in [3.63, 3.8) is 0 Å². The average Bonchev–Trinajstić information content (AvgIpc) is 2.96. The van der Waals surface area contributed by atoms with Gasteiger partial charge >= 0.3 is 0 Å². The predicted octanol–water partition coefficient (Wildman–Crippen LogP) is 3.31. The van der Waals surface area contributed by atoms with Crippen LogP contribution in [0.4, 0.5) is 5.82 Å². The fourth-order valence-corrected chi connectivity index (χ4v) is 3.37. The highest BCUT2D eigenvalue weighted by Gasteiger charge is 2.22. The molecule has 1 amide bonds. The lowest BCUT2D eigenvalue weighted by atomic mass is 10.2. The number of carbonyl (C=O) groups excluding carboxylic acids is 1. The summed E-state index contributed by atoms with van der Waals surface area (Å²) in [5.41, 5.74) is 0.554. The molecule has 0 saturated heterocycles. The van der Waals surface area contributed by atoms with Gasteiger partial charge in [-0.05, 0) is 19.8 Å². The summed E-state index contributed by atoms with van der Waals surface area (Å²) in [6, 6.07) is 3.17. The number of H-pyrrole nitrogens is 1. The van der Waals surface area contributed by atoms with E-state index in [1.54, 1.807) is 13.0 Å². The van der Waals surface area contributed by atoms with Crippen molar-refractivity contribution in [3.8, 4) is 0 Å². The first kappa shape index (κ1) is 19.2. The molecule has 136 valence electrons. The summed E-state index contributed by atoms with van der Waals surface area (Å²) in [7, 11) is 0. The number of nitrogens with one attached hydrogen (secondary N) is 2. The second-order valence-electron chi connectivity index (χ2n) is 5.85. The molecular weight excluding hydrogens is 340 g/mol. The molecule has 2 aromatic rings. The Labute approximate surface area is 151 Å². The third-order valence-corrected chi connectivity index (χ3v) is 4.68. The molecule has 8 heteroatoms. The molecule has 25 heavy (non-hydrogen) atoms. The number of hydrogen-bond acceptors (Lipinski definition) is 6. The molecule has 2 aromatic heterocycles. The van der Waals surface area contributed by atoms with Crippen LogP contribution in [0, 0.1) is 6.92 Å². The Kier molecular flexibility index (Phi) is 7.24. The van der Waals surface area contributed by atoms with E-state index in [-0.39, 0.29) is 16.7 Å². The zero-order valence-electron chi connectivity index (χ0n) is 14.8. The van der Waals surface area contributed by atoms with Crippen LogP contribution in [0.5, 0.6) is 0 Å². The number of amides is 1. The van der Waals surface area contributed by atoms with E-state index in [9.17, 15) is 9.59 Å². The molecular formula is C17H24N4O3S. The van der Waals surface area contributed by atoms with Gasteiger partial charge in [0, 0.05) is 17.8 Å². The van der Waals surface area contributed by atoms with E-state index in [0.717, 1.165) is 31.4 Å². The number of aryl methyl sites for hydroxylation is 2. The molecule has 1 unspecified atom stereocenters. The molecule has 2 heterocycles. The second kappa shape index (κ2) is 9.41. The number of nitrogens with zero attached hydrogens (tertiary/aromatic N) is 2. The van der Waals surface area contributed by atoms with E-state index in [1.807, 2.05) is 6.92 Å². The van der Waals surface area contributed by atoms with Gasteiger partial charge in [0.05, 0.1) is 5.25 Å². The number of unbranched alkanes of at least 4 members (excludes halogenated alkanes) is 1. The molecule has 0 bridgehead atoms. The monoisotopic (exact) mass is 364 g/mol. The normalized spacial score (nSPS) is 12.1. The summed E-state index contributed by atoms with van der Waals surface area (Å²) in [4.78, 5) is 31.6. The number of aromatic nitrogens is 3. The Balaban J connectivity index is 2.13. The van der Waals surface area contributed by atoms with E-state index in [1.165, 1.54) is 17.8 Å². The Morgan fingerprint density at radius 1 is 1.36 bits per heavy atom. The van der Waals surface area contributed by atoms with E-state index in [2.05, 4.69) is 27.4 Å². The van der Waals surface area contributed by atoms with Crippen LogP contribution in [0.2, 0.25) is 0 Å². The summed E-state index contributed by atoms with van der Waals surface area (Å²) in [5.74, 6) is 0.854. The number of anilines is 1. The molecule has 2 N–H and O–H groups in total. The highest BCUT2D eigenvalue weighted by atomic mass is 32.2. The molecule has 2 rings (SSSR count). The molecule has 0 aliphatic rings. The largest absolute Gasteiger partial charge is 0.360 e. The van der Waals surface area contributed by atoms with Gasteiger partial charge in [0.25, 0.3) is 5.56 Å². The minimum absolute atomic E-state index is 0.171. The van der Waals surface area contributed by atoms with Gasteiger partial charge in [-0.1, -0.05) is 50.0 Å². The smallest absolute Gasteiger partial charge is 0.251 e. The van der Waals surface area contributed by atoms with E-state index >= 15 is 0 Å². The molecule has 0 fully saturated rings. The number of rotatable bonds is 9. The Hall–Kier alpha value is -2.09. The molecule has 0 aliphatic carbocycles. The van der Waals surface area contributed by atoms with Gasteiger partial charge in [-0.3, -0.25) is 9.59 Å². The third-order valence-electron chi connectivity index (χ3n) is 3.52. The van der Waals surface area contributed by atoms with Gasteiger partial charge in [-0.25, -0.2) is 4.98 Å². The van der Waals surface area contributed by atoms with Gasteiger partial charge in [0.15, 0.2) is 11.0 Å². The van der Waals surface area contributed by atoms with Gasteiger partial charge in [-0.15, -0.1) is 0 Å². The standard InChI is InChI=1S/C17H24N4O3S/c1-4-6-8-13(16(23)19-14-9-11(3)24-21-14)25-17-18-12(7-5-2)10-15(22)20-17/h9-10,13H,4-8H2,1-3H3,(H,18,20,22)(H,19,21,23). The van der Waals surface area contributed by atoms with Crippen LogP contribution in [0.15, 0.2) is 26.6 Å². The van der Waals surface area contributed by atoms with Crippen molar-refractivity contribution >= 4 is 23.5 Å². The van der Waals surface area contributed by atoms with Gasteiger partial charge < -0.3 is 14.8 Å². The number of thioether (sulfide) groups is 1. The molecule has 0 aliphatic heterocycles. The summed E-state index contributed by atoms with van der Waals surface area (Å²) < 4.78 is 4.97. The highest BCUT2D eigenvalue weighted by molar-refractivity contribution is 8.00. The lowest BCUT2D eigenvalue weighted by Gasteiger charge is -2.14. The topological polar surface area (TPSA) is 101 Å². The minimum atomic E-state index is -0.364. The predicted molar refractivity (Wildman–Crippen MR) is 97.9 cm³/mol. The maximum Gasteiger partial charge on any atom is 0.251 e. The third kappa shape index (κ3) is 6.04. The lowest BCUT2D eigenvalue weighted by Crippen LogP contribution is -2.26. The summed E-state index contributed by atoms with van der Waals surface area (Å²) in [6.45, 7) is 5.87. The van der Waals surface area contributed by atoms with Gasteiger partial charge in [-0.2, -0.15) is 0 Å². The Morgan fingerprint density at radius 3 is 2.80 bits per heavy atom. The van der Waals surface area contributed by atoms with E-state index in [4.69, 9.17) is 4.52 Å². The van der Waals surface area contributed by atoms with E-state index < -0.39 is 0 Å². The fourth-order valence-electron chi connectivity index (χ4n) is 2.32. The average molecular weight is 364 g/mol. The van der Waals surface area contributed by atoms with Crippen LogP contribution in [0.1, 0.15) is 51.0 Å². The quantitative estimate of drug-likeness (QED) is 0.523. The summed E-state index contributed by atoms with van der Waals surface area (Å²) in [6.07, 6.45) is 4.22. The van der Waals surface area contributed by atoms with Crippen molar-refractivity contribution < 1.29 is 9.32 Å². The molecule has 0 saturated carbocycles. The summed E-state index contributed by atoms with van der Waals surface area (Å²) >= 11 is 1.28. The van der Waals surface area contributed by atoms with Crippen molar-refractivity contribution in [3.05, 3.63) is 33.9 Å². The SMILES string of the molecule is CCCCC(Sc1nc(CCC)cc(=O)[nH]1)C(=O)Nc1cc(C)on1. The van der Waals surface area contributed by atoms with Crippen molar-refractivity contribution in [1.29, 1.82) is 0 Å². The van der Waals surface area contributed by atoms with Gasteiger partial charge in [0.2, 0.25) is 5.91 Å². The maximum atomic E-state index is 12.6. The number of carbonyl (C=O) groups is 1. The molecule has 0 radical (unpaired) electrons. The summed E-state index contributed by atoms with van der Waals surface area (Å²) in [5, 5.41) is 6.66. The maximum absolute atomic E-state index is 12.6. The van der Waals surface area contributed by atoms with Crippen LogP contribution in [0.3, 0.4) is 0 Å². The molecule has 0 aromatic carbocycles. The number of hydrogen-bond donors (Lipinski definition) is 2. The highest BCUT2D eigenvalue weighted by Crippen LogP contribution is 2.25. The molecule has 0 spiro atoms. The Bertz CT molecular complexity index is 756. The second-order valence-corrected chi connectivity index (χ2v) is 7.04. The minimum Gasteiger partial charge on any atom is -0.360 e. The van der Waals surface area contributed by atoms with E-state index in [0.29, 0.717) is 23.2 Å². The van der Waals surface area contributed by atoms with Crippen molar-refractivity contribution in [1.82, 2.24) is 15.1 Å². The molecule has 7 nitrogen and oxygen atoms in total. The van der Waals surface area contributed by atoms with Crippen LogP contribution in [0.25, 0.3) is 0 Å². The number of aromatic amines is 1. The van der Waals surface area contributed by atoms with Crippen LogP contribution in [-0.2, 0) is 11.2 Å². The van der Waals surface area contributed by atoms with Crippen LogP contribution in [-0.4, -0.2) is 26.3 Å². The van der Waals surface area contributed by atoms with Gasteiger partial charge in [0.1, 0.15) is 5.76 Å². The van der Waals surface area contributed by atoms with Crippen molar-refractivity contribution in [2.45, 2.75) is 63.3 Å². The zero-order chi connectivity index (χ0) is 18.2. The van der Waals surface area contributed by atoms with Crippen molar-refractivity contribution in [2.24, 2.45) is 0 Å². The molecule has 1 atom stereocenters. The first-order valence-corrected chi connectivity index (χ1v) is 9.40. The first-order chi connectivity index (χ1) is 12.0. The van der Waals surface area contributed by atoms with Crippen molar-refractivity contribution in [2.75, 3.05) is 5.32 Å². The first-order valence-electron chi connectivity index (χ1n) is 8.52. The lowest BCUT2D eigenvalue weighted by molar-refractivity contribution is -0.115. The Morgan fingerprint density at radius 2 is 2.16 bits per heavy atom. The zero-order valence-corrected chi connectivity index (χ0v) is 15.6.